The van der Waals surface area contributed by atoms with Crippen LogP contribution in [0.4, 0.5) is 0 Å². The van der Waals surface area contributed by atoms with E-state index in [4.69, 9.17) is 4.74 Å². The molecule has 0 bridgehead atoms. The summed E-state index contributed by atoms with van der Waals surface area (Å²) >= 11 is 0. The van der Waals surface area contributed by atoms with Crippen LogP contribution in [0.5, 0.6) is 0 Å². The van der Waals surface area contributed by atoms with Gasteiger partial charge in [0.25, 0.3) is 0 Å². The molecule has 0 aliphatic heterocycles. The summed E-state index contributed by atoms with van der Waals surface area (Å²) in [4.78, 5) is 35.0. The predicted molar refractivity (Wildman–Crippen MR) is 86.3 cm³/mol. The molecular weight excluding hydrogens is 336 g/mol. The highest BCUT2D eigenvalue weighted by Gasteiger charge is 2.56. The van der Waals surface area contributed by atoms with Gasteiger partial charge >= 0.3 is 5.97 Å². The summed E-state index contributed by atoms with van der Waals surface area (Å²) < 4.78 is 4.82. The molecule has 0 spiro atoms. The van der Waals surface area contributed by atoms with Gasteiger partial charge in [-0.3, -0.25) is 4.79 Å². The Bertz CT molecular complexity index is 754. The van der Waals surface area contributed by atoms with E-state index in [9.17, 15) is 24.6 Å². The summed E-state index contributed by atoms with van der Waals surface area (Å²) in [5, 5.41) is 22.4. The Kier molecular flexibility index (Phi) is 5.02. The maximum atomic E-state index is 12.5. The molecule has 0 amide bonds. The first-order valence-electron chi connectivity index (χ1n) is 8.18. The maximum Gasteiger partial charge on any atom is 0.310 e. The fourth-order valence-corrected chi connectivity index (χ4v) is 3.74. The molecule has 134 valence electrons. The zero-order valence-corrected chi connectivity index (χ0v) is 13.7. The van der Waals surface area contributed by atoms with Crippen molar-refractivity contribution in [3.8, 4) is 0 Å². The lowest BCUT2D eigenvalue weighted by molar-refractivity contribution is -0.318. The molecule has 0 radical (unpaired) electrons. The fourth-order valence-electron chi connectivity index (χ4n) is 3.74. The van der Waals surface area contributed by atoms with Crippen molar-refractivity contribution in [1.82, 2.24) is 0 Å². The third kappa shape index (κ3) is 3.31. The van der Waals surface area contributed by atoms with Gasteiger partial charge in [0.15, 0.2) is 0 Å². The van der Waals surface area contributed by atoms with Crippen molar-refractivity contribution in [3.63, 3.8) is 0 Å². The second-order valence-corrected chi connectivity index (χ2v) is 6.22. The van der Waals surface area contributed by atoms with Crippen LogP contribution in [0, 0.1) is 11.8 Å². The number of rotatable bonds is 6. The first-order valence-corrected chi connectivity index (χ1v) is 8.18. The third-order valence-corrected chi connectivity index (χ3v) is 4.79. The van der Waals surface area contributed by atoms with E-state index in [0.29, 0.717) is 11.1 Å². The van der Waals surface area contributed by atoms with Crippen LogP contribution < -0.4 is 10.2 Å². The molecule has 2 aromatic carbocycles. The van der Waals surface area contributed by atoms with E-state index in [1.165, 1.54) is 0 Å². The molecule has 26 heavy (non-hydrogen) atoms. The van der Waals surface area contributed by atoms with Crippen molar-refractivity contribution in [2.75, 3.05) is 6.61 Å². The summed E-state index contributed by atoms with van der Waals surface area (Å²) in [5.74, 6) is -6.56. The Morgan fingerprint density at radius 3 is 1.62 bits per heavy atom. The molecule has 1 fully saturated rings. The van der Waals surface area contributed by atoms with Gasteiger partial charge in [0, 0.05) is 23.7 Å². The summed E-state index contributed by atoms with van der Waals surface area (Å²) in [5.41, 5.74) is 1.34. The average Bonchev–Trinajstić information content (AvgIpc) is 2.60. The number of hydrogen-bond acceptors (Lipinski definition) is 6. The zero-order chi connectivity index (χ0) is 18.7. The van der Waals surface area contributed by atoms with Gasteiger partial charge in [-0.1, -0.05) is 60.7 Å². The van der Waals surface area contributed by atoms with Crippen LogP contribution in [-0.4, -0.2) is 24.5 Å². The first-order chi connectivity index (χ1) is 12.5. The van der Waals surface area contributed by atoms with Crippen LogP contribution >= 0.6 is 0 Å². The van der Waals surface area contributed by atoms with Crippen molar-refractivity contribution in [2.24, 2.45) is 11.8 Å². The van der Waals surface area contributed by atoms with E-state index in [2.05, 4.69) is 0 Å². The molecule has 0 N–H and O–H groups in total. The molecule has 4 atom stereocenters. The van der Waals surface area contributed by atoms with Gasteiger partial charge in [-0.05, 0) is 11.1 Å². The molecule has 3 rings (SSSR count). The van der Waals surface area contributed by atoms with Crippen molar-refractivity contribution in [1.29, 1.82) is 0 Å². The van der Waals surface area contributed by atoms with E-state index in [1.54, 1.807) is 60.7 Å². The van der Waals surface area contributed by atoms with Crippen LogP contribution in [0.15, 0.2) is 60.7 Å². The number of benzene rings is 2. The van der Waals surface area contributed by atoms with Crippen molar-refractivity contribution in [3.05, 3.63) is 71.8 Å². The maximum absolute atomic E-state index is 12.5. The van der Waals surface area contributed by atoms with Crippen LogP contribution in [0.1, 0.15) is 23.0 Å². The molecule has 6 heteroatoms. The number of carbonyl (C=O) groups excluding carboxylic acids is 3. The normalized spacial score (nSPS) is 24.3. The topological polar surface area (TPSA) is 107 Å². The SMILES string of the molecule is O=C([O-])COC(=O)C1[C@H](c2ccccc2)C(C(=O)[O-])[C@@H]1c1ccccc1. The smallest absolute Gasteiger partial charge is 0.310 e. The van der Waals surface area contributed by atoms with Gasteiger partial charge in [-0.15, -0.1) is 0 Å². The molecule has 0 aromatic heterocycles. The minimum atomic E-state index is -1.51. The summed E-state index contributed by atoms with van der Waals surface area (Å²) in [6.45, 7) is -0.867. The quantitative estimate of drug-likeness (QED) is 0.669. The number of esters is 1. The summed E-state index contributed by atoms with van der Waals surface area (Å²) in [6.07, 6.45) is 0. The Hall–Kier alpha value is -3.15. The molecule has 6 nitrogen and oxygen atoms in total. The lowest BCUT2D eigenvalue weighted by Crippen LogP contribution is -2.55. The third-order valence-electron chi connectivity index (χ3n) is 4.79. The molecular formula is C20H16O6-2. The standard InChI is InChI=1S/C20H18O6/c21-14(22)11-26-20(25)18-15(12-7-3-1-4-8-12)17(19(23)24)16(18)13-9-5-2-6-10-13/h1-10,15-18H,11H2,(H,21,22)(H,23,24)/p-2/t15-,16+,17?,18?. The lowest BCUT2D eigenvalue weighted by atomic mass is 9.52. The van der Waals surface area contributed by atoms with Gasteiger partial charge in [0.05, 0.1) is 11.9 Å². The minimum Gasteiger partial charge on any atom is -0.550 e. The molecule has 2 aromatic rings. The van der Waals surface area contributed by atoms with E-state index >= 15 is 0 Å². The second-order valence-electron chi connectivity index (χ2n) is 6.22. The first kappa shape index (κ1) is 17.7. The number of ether oxygens (including phenoxy) is 1. The van der Waals surface area contributed by atoms with Gasteiger partial charge in [0.1, 0.15) is 6.61 Å². The molecule has 0 heterocycles. The van der Waals surface area contributed by atoms with E-state index < -0.39 is 48.2 Å². The largest absolute Gasteiger partial charge is 0.550 e. The zero-order valence-electron chi connectivity index (χ0n) is 13.7. The number of carboxylic acid groups (broad SMARTS) is 2. The Morgan fingerprint density at radius 1 is 0.769 bits per heavy atom. The summed E-state index contributed by atoms with van der Waals surface area (Å²) in [6, 6.07) is 17.5. The van der Waals surface area contributed by atoms with Crippen LogP contribution in [0.3, 0.4) is 0 Å². The molecule has 0 saturated heterocycles. The highest BCUT2D eigenvalue weighted by atomic mass is 16.5. The fraction of sp³-hybridized carbons (Fsp3) is 0.250. The highest BCUT2D eigenvalue weighted by molar-refractivity contribution is 5.84. The number of carbonyl (C=O) groups is 3. The van der Waals surface area contributed by atoms with Gasteiger partial charge in [-0.2, -0.15) is 0 Å². The van der Waals surface area contributed by atoms with E-state index in [0.717, 1.165) is 0 Å². The average molecular weight is 352 g/mol. The number of hydrogen-bond donors (Lipinski definition) is 0. The number of carboxylic acids is 2. The Balaban J connectivity index is 1.99. The van der Waals surface area contributed by atoms with Crippen LogP contribution in [0.25, 0.3) is 0 Å². The van der Waals surface area contributed by atoms with E-state index in [1.807, 2.05) is 0 Å². The second kappa shape index (κ2) is 7.39. The minimum absolute atomic E-state index is 0.652. The van der Waals surface area contributed by atoms with Crippen molar-refractivity contribution >= 4 is 17.9 Å². The highest BCUT2D eigenvalue weighted by Crippen LogP contribution is 2.57. The molecule has 2 unspecified atom stereocenters. The Morgan fingerprint density at radius 2 is 1.23 bits per heavy atom. The van der Waals surface area contributed by atoms with Gasteiger partial charge < -0.3 is 24.5 Å². The molecule has 1 aliphatic carbocycles. The van der Waals surface area contributed by atoms with Crippen molar-refractivity contribution in [2.45, 2.75) is 11.8 Å². The number of aliphatic carboxylic acids is 2. The van der Waals surface area contributed by atoms with Crippen molar-refractivity contribution < 1.29 is 29.3 Å². The molecule has 1 saturated carbocycles. The summed E-state index contributed by atoms with van der Waals surface area (Å²) in [7, 11) is 0. The van der Waals surface area contributed by atoms with Gasteiger partial charge in [0.2, 0.25) is 0 Å². The predicted octanol–water partition coefficient (Wildman–Crippen LogP) is -0.157. The van der Waals surface area contributed by atoms with Gasteiger partial charge in [-0.25, -0.2) is 0 Å². The van der Waals surface area contributed by atoms with E-state index in [-0.39, 0.29) is 0 Å². The van der Waals surface area contributed by atoms with Crippen LogP contribution in [0.2, 0.25) is 0 Å². The monoisotopic (exact) mass is 352 g/mol. The molecule has 1 aliphatic rings. The van der Waals surface area contributed by atoms with Crippen LogP contribution in [-0.2, 0) is 19.1 Å². The Labute approximate surface area is 150 Å². The lowest BCUT2D eigenvalue weighted by Gasteiger charge is -2.51.